The van der Waals surface area contributed by atoms with Crippen molar-refractivity contribution in [3.05, 3.63) is 17.4 Å². The molecule has 84 valence electrons. The molecule has 4 nitrogen and oxygen atoms in total. The Balaban J connectivity index is 2.07. The summed E-state index contributed by atoms with van der Waals surface area (Å²) in [5.74, 6) is 0.582. The van der Waals surface area contributed by atoms with Crippen LogP contribution in [0.25, 0.3) is 0 Å². The number of nitrogens with zero attached hydrogens (tertiary/aromatic N) is 2. The molecule has 0 bridgehead atoms. The highest BCUT2D eigenvalue weighted by Gasteiger charge is 1.94. The van der Waals surface area contributed by atoms with E-state index in [2.05, 4.69) is 22.2 Å². The van der Waals surface area contributed by atoms with E-state index in [4.69, 9.17) is 16.3 Å². The van der Waals surface area contributed by atoms with Crippen LogP contribution in [0.5, 0.6) is 0 Å². The number of unbranched alkanes of at least 4 members (excludes halogenated alkanes) is 1. The fraction of sp³-hybridized carbons (Fsp3) is 0.600. The lowest BCUT2D eigenvalue weighted by atomic mass is 10.4. The van der Waals surface area contributed by atoms with Gasteiger partial charge in [-0.1, -0.05) is 24.9 Å². The van der Waals surface area contributed by atoms with Crippen molar-refractivity contribution in [3.63, 3.8) is 0 Å². The zero-order chi connectivity index (χ0) is 10.9. The normalized spacial score (nSPS) is 10.3. The molecule has 5 heteroatoms. The molecular formula is C10H16ClN3O. The monoisotopic (exact) mass is 229 g/mol. The van der Waals surface area contributed by atoms with Crippen LogP contribution < -0.4 is 5.32 Å². The van der Waals surface area contributed by atoms with E-state index in [1.807, 2.05) is 0 Å². The highest BCUT2D eigenvalue weighted by molar-refractivity contribution is 6.30. The zero-order valence-electron chi connectivity index (χ0n) is 8.87. The predicted molar refractivity (Wildman–Crippen MR) is 61.3 cm³/mol. The van der Waals surface area contributed by atoms with E-state index >= 15 is 0 Å². The standard InChI is InChI=1S/C10H16ClN3O/c1-2-3-5-15-6-4-12-10-13-7-9(11)8-14-10/h7-8H,2-6H2,1H3,(H,12,13,14). The van der Waals surface area contributed by atoms with E-state index in [0.29, 0.717) is 24.1 Å². The maximum absolute atomic E-state index is 5.65. The first-order valence-electron chi connectivity index (χ1n) is 5.12. The van der Waals surface area contributed by atoms with Gasteiger partial charge in [-0.15, -0.1) is 0 Å². The average Bonchev–Trinajstić information content (AvgIpc) is 2.26. The summed E-state index contributed by atoms with van der Waals surface area (Å²) < 4.78 is 5.38. The van der Waals surface area contributed by atoms with Gasteiger partial charge in [0.15, 0.2) is 0 Å². The van der Waals surface area contributed by atoms with Crippen molar-refractivity contribution in [3.8, 4) is 0 Å². The van der Waals surface area contributed by atoms with Gasteiger partial charge >= 0.3 is 0 Å². The van der Waals surface area contributed by atoms with E-state index in [1.54, 1.807) is 12.4 Å². The van der Waals surface area contributed by atoms with Crippen LogP contribution in [0.2, 0.25) is 5.02 Å². The van der Waals surface area contributed by atoms with Crippen molar-refractivity contribution in [1.29, 1.82) is 0 Å². The molecule has 0 aliphatic carbocycles. The zero-order valence-corrected chi connectivity index (χ0v) is 9.63. The Morgan fingerprint density at radius 3 is 2.73 bits per heavy atom. The van der Waals surface area contributed by atoms with E-state index in [1.165, 1.54) is 0 Å². The second kappa shape index (κ2) is 7.43. The van der Waals surface area contributed by atoms with Crippen LogP contribution >= 0.6 is 11.6 Å². The predicted octanol–water partition coefficient (Wildman–Crippen LogP) is 2.36. The number of rotatable bonds is 7. The first kappa shape index (κ1) is 12.2. The van der Waals surface area contributed by atoms with Gasteiger partial charge in [-0.2, -0.15) is 0 Å². The molecule has 0 radical (unpaired) electrons. The molecule has 0 saturated heterocycles. The SMILES string of the molecule is CCCCOCCNc1ncc(Cl)cn1. The summed E-state index contributed by atoms with van der Waals surface area (Å²) in [6, 6.07) is 0. The van der Waals surface area contributed by atoms with Crippen molar-refractivity contribution in [2.45, 2.75) is 19.8 Å². The fourth-order valence-corrected chi connectivity index (χ4v) is 1.08. The molecule has 1 heterocycles. The molecule has 0 fully saturated rings. The fourth-order valence-electron chi connectivity index (χ4n) is 0.987. The van der Waals surface area contributed by atoms with Gasteiger partial charge in [0.1, 0.15) is 0 Å². The first-order chi connectivity index (χ1) is 7.33. The van der Waals surface area contributed by atoms with Crippen molar-refractivity contribution >= 4 is 17.5 Å². The van der Waals surface area contributed by atoms with Gasteiger partial charge < -0.3 is 10.1 Å². The minimum absolute atomic E-state index is 0.541. The van der Waals surface area contributed by atoms with Crippen molar-refractivity contribution in [2.75, 3.05) is 25.1 Å². The molecule has 15 heavy (non-hydrogen) atoms. The molecule has 1 aromatic rings. The lowest BCUT2D eigenvalue weighted by Gasteiger charge is -2.05. The van der Waals surface area contributed by atoms with E-state index < -0.39 is 0 Å². The highest BCUT2D eigenvalue weighted by Crippen LogP contribution is 2.04. The van der Waals surface area contributed by atoms with Crippen LogP contribution in [-0.4, -0.2) is 29.7 Å². The van der Waals surface area contributed by atoms with Gasteiger partial charge in [-0.25, -0.2) is 9.97 Å². The Bertz CT molecular complexity index is 266. The van der Waals surface area contributed by atoms with Gasteiger partial charge in [-0.05, 0) is 6.42 Å². The van der Waals surface area contributed by atoms with E-state index in [-0.39, 0.29) is 0 Å². The molecule has 0 aromatic carbocycles. The second-order valence-electron chi connectivity index (χ2n) is 3.12. The molecule has 0 aliphatic rings. The summed E-state index contributed by atoms with van der Waals surface area (Å²) in [4.78, 5) is 8.01. The minimum atomic E-state index is 0.541. The maximum atomic E-state index is 5.65. The smallest absolute Gasteiger partial charge is 0.222 e. The Morgan fingerprint density at radius 1 is 1.33 bits per heavy atom. The number of ether oxygens (including phenoxy) is 1. The van der Waals surface area contributed by atoms with E-state index in [0.717, 1.165) is 19.4 Å². The third kappa shape index (κ3) is 5.54. The number of aromatic nitrogens is 2. The second-order valence-corrected chi connectivity index (χ2v) is 3.55. The summed E-state index contributed by atoms with van der Waals surface area (Å²) in [7, 11) is 0. The van der Waals surface area contributed by atoms with E-state index in [9.17, 15) is 0 Å². The quantitative estimate of drug-likeness (QED) is 0.730. The summed E-state index contributed by atoms with van der Waals surface area (Å²) in [6.45, 7) is 4.35. The summed E-state index contributed by atoms with van der Waals surface area (Å²) in [5.41, 5.74) is 0. The Hall–Kier alpha value is -0.870. The molecular weight excluding hydrogens is 214 g/mol. The molecule has 1 N–H and O–H groups in total. The van der Waals surface area contributed by atoms with Crippen LogP contribution in [0, 0.1) is 0 Å². The summed E-state index contributed by atoms with van der Waals surface area (Å²) in [5, 5.41) is 3.58. The van der Waals surface area contributed by atoms with Crippen LogP contribution in [0.1, 0.15) is 19.8 Å². The van der Waals surface area contributed by atoms with Gasteiger partial charge in [0.2, 0.25) is 5.95 Å². The summed E-state index contributed by atoms with van der Waals surface area (Å²) in [6.07, 6.45) is 5.40. The minimum Gasteiger partial charge on any atom is -0.380 e. The van der Waals surface area contributed by atoms with Gasteiger partial charge in [0, 0.05) is 13.2 Å². The molecule has 0 saturated carbocycles. The summed E-state index contributed by atoms with van der Waals surface area (Å²) >= 11 is 5.65. The van der Waals surface area contributed by atoms with Crippen LogP contribution in [-0.2, 0) is 4.74 Å². The lowest BCUT2D eigenvalue weighted by molar-refractivity contribution is 0.141. The number of halogens is 1. The van der Waals surface area contributed by atoms with Crippen molar-refractivity contribution in [1.82, 2.24) is 9.97 Å². The average molecular weight is 230 g/mol. The highest BCUT2D eigenvalue weighted by atomic mass is 35.5. The molecule has 0 spiro atoms. The Morgan fingerprint density at radius 2 is 2.07 bits per heavy atom. The maximum Gasteiger partial charge on any atom is 0.222 e. The van der Waals surface area contributed by atoms with Crippen molar-refractivity contribution in [2.24, 2.45) is 0 Å². The molecule has 1 rings (SSSR count). The van der Waals surface area contributed by atoms with Crippen molar-refractivity contribution < 1.29 is 4.74 Å². The Kier molecular flexibility index (Phi) is 6.04. The van der Waals surface area contributed by atoms with Gasteiger partial charge in [0.05, 0.1) is 24.0 Å². The van der Waals surface area contributed by atoms with Gasteiger partial charge in [-0.3, -0.25) is 0 Å². The first-order valence-corrected chi connectivity index (χ1v) is 5.50. The molecule has 0 aliphatic heterocycles. The molecule has 0 atom stereocenters. The largest absolute Gasteiger partial charge is 0.380 e. The number of anilines is 1. The van der Waals surface area contributed by atoms with Crippen LogP contribution in [0.3, 0.4) is 0 Å². The lowest BCUT2D eigenvalue weighted by Crippen LogP contribution is -2.11. The molecule has 1 aromatic heterocycles. The molecule has 0 unspecified atom stereocenters. The Labute approximate surface area is 95.0 Å². The topological polar surface area (TPSA) is 47.0 Å². The third-order valence-electron chi connectivity index (χ3n) is 1.79. The van der Waals surface area contributed by atoms with Crippen LogP contribution in [0.4, 0.5) is 5.95 Å². The van der Waals surface area contributed by atoms with Crippen LogP contribution in [0.15, 0.2) is 12.4 Å². The number of hydrogen-bond acceptors (Lipinski definition) is 4. The third-order valence-corrected chi connectivity index (χ3v) is 1.99. The number of nitrogens with one attached hydrogen (secondary N) is 1. The number of hydrogen-bond donors (Lipinski definition) is 1. The van der Waals surface area contributed by atoms with Gasteiger partial charge in [0.25, 0.3) is 0 Å². The molecule has 0 amide bonds.